The Kier molecular flexibility index (Phi) is 3.77. The minimum atomic E-state index is 0.309. The van der Waals surface area contributed by atoms with Gasteiger partial charge in [-0.25, -0.2) is 4.68 Å². The van der Waals surface area contributed by atoms with Crippen molar-refractivity contribution in [1.29, 1.82) is 0 Å². The Bertz CT molecular complexity index is 838. The van der Waals surface area contributed by atoms with Crippen LogP contribution in [0.5, 0.6) is 0 Å². The van der Waals surface area contributed by atoms with Crippen molar-refractivity contribution in [2.45, 2.75) is 13.8 Å². The highest BCUT2D eigenvalue weighted by molar-refractivity contribution is 6.31. The average molecular weight is 312 g/mol. The van der Waals surface area contributed by atoms with Gasteiger partial charge in [0, 0.05) is 10.6 Å². The second-order valence-electron chi connectivity index (χ2n) is 5.10. The fourth-order valence-electron chi connectivity index (χ4n) is 2.35. The molecule has 1 aromatic heterocycles. The molecule has 0 N–H and O–H groups in total. The van der Waals surface area contributed by atoms with E-state index in [9.17, 15) is 4.79 Å². The Balaban J connectivity index is 2.26. The summed E-state index contributed by atoms with van der Waals surface area (Å²) in [5.41, 5.74) is 4.71. The molecule has 2 aromatic carbocycles. The number of aldehydes is 1. The number of carbonyl (C=O) groups excluding carboxylic acids is 1. The molecule has 0 radical (unpaired) electrons. The normalized spacial score (nSPS) is 10.7. The van der Waals surface area contributed by atoms with E-state index in [1.54, 1.807) is 4.68 Å². The highest BCUT2D eigenvalue weighted by atomic mass is 35.5. The molecule has 0 aliphatic rings. The van der Waals surface area contributed by atoms with Crippen LogP contribution in [0.3, 0.4) is 0 Å². The molecule has 1 heterocycles. The molecule has 3 aromatic rings. The molecule has 0 saturated carbocycles. The highest BCUT2D eigenvalue weighted by Crippen LogP contribution is 2.28. The molecule has 3 rings (SSSR count). The third-order valence-corrected chi connectivity index (χ3v) is 4.01. The van der Waals surface area contributed by atoms with E-state index in [-0.39, 0.29) is 0 Å². The van der Waals surface area contributed by atoms with Crippen LogP contribution in [-0.2, 0) is 0 Å². The zero-order valence-electron chi connectivity index (χ0n) is 12.2. The van der Waals surface area contributed by atoms with Gasteiger partial charge < -0.3 is 0 Å². The lowest BCUT2D eigenvalue weighted by Crippen LogP contribution is -2.02. The van der Waals surface area contributed by atoms with E-state index in [1.807, 2.05) is 56.3 Å². The lowest BCUT2D eigenvalue weighted by molar-refractivity contribution is 0.111. The monoisotopic (exact) mass is 311 g/mol. The lowest BCUT2D eigenvalue weighted by Gasteiger charge is -2.11. The zero-order valence-corrected chi connectivity index (χ0v) is 13.0. The number of halogens is 1. The predicted molar refractivity (Wildman–Crippen MR) is 86.7 cm³/mol. The van der Waals surface area contributed by atoms with Crippen molar-refractivity contribution in [1.82, 2.24) is 15.0 Å². The second-order valence-corrected chi connectivity index (χ2v) is 5.51. The lowest BCUT2D eigenvalue weighted by atomic mass is 10.1. The molecular weight excluding hydrogens is 298 g/mol. The summed E-state index contributed by atoms with van der Waals surface area (Å²) in [5.74, 6) is 0. The van der Waals surface area contributed by atoms with E-state index in [1.165, 1.54) is 0 Å². The fourth-order valence-corrected chi connectivity index (χ4v) is 2.52. The molecule has 0 aliphatic carbocycles. The Morgan fingerprint density at radius 2 is 1.82 bits per heavy atom. The third-order valence-electron chi connectivity index (χ3n) is 3.60. The van der Waals surface area contributed by atoms with Crippen LogP contribution in [0.1, 0.15) is 21.6 Å². The van der Waals surface area contributed by atoms with Crippen LogP contribution in [0.25, 0.3) is 16.9 Å². The molecule has 0 spiro atoms. The predicted octanol–water partition coefficient (Wildman–Crippen LogP) is 4.02. The van der Waals surface area contributed by atoms with Crippen molar-refractivity contribution in [3.63, 3.8) is 0 Å². The first-order chi connectivity index (χ1) is 10.6. The summed E-state index contributed by atoms with van der Waals surface area (Å²) < 4.78 is 1.66. The molecule has 0 atom stereocenters. The number of rotatable bonds is 3. The molecule has 110 valence electrons. The van der Waals surface area contributed by atoms with Crippen LogP contribution in [0.15, 0.2) is 42.5 Å². The molecule has 22 heavy (non-hydrogen) atoms. The van der Waals surface area contributed by atoms with E-state index >= 15 is 0 Å². The van der Waals surface area contributed by atoms with Crippen molar-refractivity contribution < 1.29 is 4.79 Å². The number of aryl methyl sites for hydroxylation is 1. The summed E-state index contributed by atoms with van der Waals surface area (Å²) in [7, 11) is 0. The Hall–Kier alpha value is -2.46. The molecule has 0 bridgehead atoms. The fraction of sp³-hybridized carbons (Fsp3) is 0.118. The number of carbonyl (C=O) groups is 1. The number of benzene rings is 2. The number of nitrogens with zero attached hydrogens (tertiary/aromatic N) is 3. The van der Waals surface area contributed by atoms with Crippen LogP contribution < -0.4 is 0 Å². The highest BCUT2D eigenvalue weighted by Gasteiger charge is 2.17. The summed E-state index contributed by atoms with van der Waals surface area (Å²) in [5, 5.41) is 8.77. The number of hydrogen-bond donors (Lipinski definition) is 0. The summed E-state index contributed by atoms with van der Waals surface area (Å²) in [6, 6.07) is 13.5. The van der Waals surface area contributed by atoms with Gasteiger partial charge in [0.15, 0.2) is 12.0 Å². The van der Waals surface area contributed by atoms with Crippen LogP contribution >= 0.6 is 11.6 Å². The summed E-state index contributed by atoms with van der Waals surface area (Å²) >= 11 is 6.19. The van der Waals surface area contributed by atoms with Gasteiger partial charge in [-0.2, -0.15) is 0 Å². The van der Waals surface area contributed by atoms with Crippen molar-refractivity contribution in [3.05, 3.63) is 64.3 Å². The van der Waals surface area contributed by atoms with E-state index in [0.717, 1.165) is 28.7 Å². The van der Waals surface area contributed by atoms with E-state index in [2.05, 4.69) is 10.3 Å². The van der Waals surface area contributed by atoms with Gasteiger partial charge in [0.2, 0.25) is 0 Å². The maximum atomic E-state index is 11.3. The van der Waals surface area contributed by atoms with Gasteiger partial charge in [0.1, 0.15) is 5.69 Å². The molecule has 0 amide bonds. The number of hydrogen-bond acceptors (Lipinski definition) is 3. The Labute approximate surface area is 133 Å². The molecule has 0 unspecified atom stereocenters. The first-order valence-electron chi connectivity index (χ1n) is 6.85. The molecule has 0 saturated heterocycles. The van der Waals surface area contributed by atoms with Crippen molar-refractivity contribution in [2.24, 2.45) is 0 Å². The van der Waals surface area contributed by atoms with Gasteiger partial charge in [0.25, 0.3) is 0 Å². The first-order valence-corrected chi connectivity index (χ1v) is 7.23. The molecule has 0 fully saturated rings. The van der Waals surface area contributed by atoms with Gasteiger partial charge in [-0.1, -0.05) is 52.7 Å². The largest absolute Gasteiger partial charge is 0.296 e. The van der Waals surface area contributed by atoms with Crippen LogP contribution in [0.4, 0.5) is 0 Å². The van der Waals surface area contributed by atoms with Crippen molar-refractivity contribution in [3.8, 4) is 16.9 Å². The average Bonchev–Trinajstić information content (AvgIpc) is 2.94. The number of aromatic nitrogens is 3. The SMILES string of the molecule is Cc1ccc(-c2c(C=O)nnn2-c2cccc(Cl)c2C)cc1. The topological polar surface area (TPSA) is 47.8 Å². The van der Waals surface area contributed by atoms with Gasteiger partial charge in [-0.3, -0.25) is 4.79 Å². The second kappa shape index (κ2) is 5.73. The maximum absolute atomic E-state index is 11.3. The molecule has 4 nitrogen and oxygen atoms in total. The minimum Gasteiger partial charge on any atom is -0.296 e. The summed E-state index contributed by atoms with van der Waals surface area (Å²) in [6.45, 7) is 3.93. The van der Waals surface area contributed by atoms with Crippen molar-refractivity contribution >= 4 is 17.9 Å². The molecule has 0 aliphatic heterocycles. The quantitative estimate of drug-likeness (QED) is 0.686. The van der Waals surface area contributed by atoms with Crippen molar-refractivity contribution in [2.75, 3.05) is 0 Å². The summed E-state index contributed by atoms with van der Waals surface area (Å²) in [4.78, 5) is 11.3. The van der Waals surface area contributed by atoms with E-state index < -0.39 is 0 Å². The smallest absolute Gasteiger partial charge is 0.172 e. The standard InChI is InChI=1S/C17H14ClN3O/c1-11-6-8-13(9-7-11)17-15(10-22)19-20-21(17)16-5-3-4-14(18)12(16)2/h3-10H,1-2H3. The first kappa shape index (κ1) is 14.5. The Morgan fingerprint density at radius 3 is 2.50 bits per heavy atom. The van der Waals surface area contributed by atoms with Crippen LogP contribution in [-0.4, -0.2) is 21.3 Å². The third kappa shape index (κ3) is 2.42. The van der Waals surface area contributed by atoms with Gasteiger partial charge in [-0.15, -0.1) is 5.10 Å². The molecule has 5 heteroatoms. The van der Waals surface area contributed by atoms with Crippen LogP contribution in [0.2, 0.25) is 5.02 Å². The van der Waals surface area contributed by atoms with Gasteiger partial charge >= 0.3 is 0 Å². The minimum absolute atomic E-state index is 0.309. The van der Waals surface area contributed by atoms with E-state index in [0.29, 0.717) is 16.4 Å². The maximum Gasteiger partial charge on any atom is 0.172 e. The zero-order chi connectivity index (χ0) is 15.7. The molecular formula is C17H14ClN3O. The van der Waals surface area contributed by atoms with Gasteiger partial charge in [0.05, 0.1) is 5.69 Å². The van der Waals surface area contributed by atoms with Crippen LogP contribution in [0, 0.1) is 13.8 Å². The van der Waals surface area contributed by atoms with Gasteiger partial charge in [-0.05, 0) is 31.5 Å². The summed E-state index contributed by atoms with van der Waals surface area (Å²) in [6.07, 6.45) is 0.721. The Morgan fingerprint density at radius 1 is 1.09 bits per heavy atom. The van der Waals surface area contributed by atoms with E-state index in [4.69, 9.17) is 11.6 Å².